The van der Waals surface area contributed by atoms with Crippen LogP contribution < -0.4 is 5.32 Å². The molecule has 3 aromatic heterocycles. The number of aromatic amines is 1. The van der Waals surface area contributed by atoms with Gasteiger partial charge in [-0.1, -0.05) is 6.07 Å². The summed E-state index contributed by atoms with van der Waals surface area (Å²) in [6.45, 7) is 6.16. The molecule has 0 bridgehead atoms. The summed E-state index contributed by atoms with van der Waals surface area (Å²) < 4.78 is 0. The highest BCUT2D eigenvalue weighted by Gasteiger charge is 2.34. The predicted molar refractivity (Wildman–Crippen MR) is 134 cm³/mol. The van der Waals surface area contributed by atoms with Gasteiger partial charge in [0, 0.05) is 62.8 Å². The van der Waals surface area contributed by atoms with Gasteiger partial charge in [0.15, 0.2) is 0 Å². The minimum Gasteiger partial charge on any atom is -0.340 e. The highest BCUT2D eigenvalue weighted by molar-refractivity contribution is 5.83. The third-order valence-electron chi connectivity index (χ3n) is 6.68. The summed E-state index contributed by atoms with van der Waals surface area (Å²) in [7, 11) is 0. The second kappa shape index (κ2) is 9.07. The van der Waals surface area contributed by atoms with E-state index >= 15 is 0 Å². The maximum atomic E-state index is 12.3. The summed E-state index contributed by atoms with van der Waals surface area (Å²) >= 11 is 0. The zero-order valence-corrected chi connectivity index (χ0v) is 19.7. The van der Waals surface area contributed by atoms with Crippen molar-refractivity contribution in [3.05, 3.63) is 60.3 Å². The molecular weight excluding hydrogens is 440 g/mol. The lowest BCUT2D eigenvalue weighted by Crippen LogP contribution is -2.48. The lowest BCUT2D eigenvalue weighted by atomic mass is 10.1. The Bertz CT molecular complexity index is 1350. The molecule has 1 aliphatic heterocycles. The molecule has 4 heterocycles. The van der Waals surface area contributed by atoms with Gasteiger partial charge in [0.1, 0.15) is 11.6 Å². The van der Waals surface area contributed by atoms with Crippen LogP contribution in [-0.2, 0) is 11.3 Å². The molecule has 6 rings (SSSR count). The number of carbonyl (C=O) groups excluding carboxylic acids is 1. The Morgan fingerprint density at radius 2 is 1.83 bits per heavy atom. The van der Waals surface area contributed by atoms with Crippen molar-refractivity contribution in [1.82, 2.24) is 34.7 Å². The van der Waals surface area contributed by atoms with Gasteiger partial charge in [0.25, 0.3) is 0 Å². The summed E-state index contributed by atoms with van der Waals surface area (Å²) in [4.78, 5) is 37.8. The van der Waals surface area contributed by atoms with Crippen LogP contribution in [-0.4, -0.2) is 66.8 Å². The molecule has 2 N–H and O–H groups in total. The lowest BCUT2D eigenvalue weighted by molar-refractivity contribution is -0.134. The van der Waals surface area contributed by atoms with Crippen LogP contribution in [0.15, 0.2) is 48.9 Å². The van der Waals surface area contributed by atoms with Crippen molar-refractivity contribution in [2.45, 2.75) is 26.3 Å². The van der Waals surface area contributed by atoms with Crippen LogP contribution in [0, 0.1) is 12.8 Å². The van der Waals surface area contributed by atoms with Gasteiger partial charge in [-0.05, 0) is 55.2 Å². The van der Waals surface area contributed by atoms with E-state index < -0.39 is 0 Å². The number of nitrogens with zero attached hydrogens (tertiary/aromatic N) is 6. The minimum atomic E-state index is 0.303. The van der Waals surface area contributed by atoms with E-state index in [0.29, 0.717) is 17.8 Å². The molecule has 2 aliphatic rings. The topological polar surface area (TPSA) is 103 Å². The van der Waals surface area contributed by atoms with E-state index in [-0.39, 0.29) is 0 Å². The first-order valence-electron chi connectivity index (χ1n) is 12.1. The minimum absolute atomic E-state index is 0.303. The van der Waals surface area contributed by atoms with Gasteiger partial charge >= 0.3 is 0 Å². The number of fused-ring (bicyclic) bond motifs is 1. The zero-order valence-electron chi connectivity index (χ0n) is 19.7. The number of anilines is 2. The molecule has 2 fully saturated rings. The van der Waals surface area contributed by atoms with Crippen molar-refractivity contribution in [3.63, 3.8) is 0 Å². The van der Waals surface area contributed by atoms with Gasteiger partial charge in [0.05, 0.1) is 11.0 Å². The Kier molecular flexibility index (Phi) is 5.61. The first-order valence-corrected chi connectivity index (χ1v) is 12.1. The molecule has 1 amide bonds. The van der Waals surface area contributed by atoms with Crippen molar-refractivity contribution < 1.29 is 4.79 Å². The van der Waals surface area contributed by atoms with Crippen LogP contribution in [0.3, 0.4) is 0 Å². The average molecular weight is 469 g/mol. The molecule has 0 unspecified atom stereocenters. The average Bonchev–Trinajstić information content (AvgIpc) is 3.64. The fourth-order valence-corrected chi connectivity index (χ4v) is 4.53. The number of benzene rings is 1. The normalized spacial score (nSPS) is 16.5. The number of nitrogens with one attached hydrogen (secondary N) is 2. The Labute approximate surface area is 203 Å². The smallest absolute Gasteiger partial charge is 0.225 e. The quantitative estimate of drug-likeness (QED) is 0.446. The van der Waals surface area contributed by atoms with Crippen molar-refractivity contribution in [3.8, 4) is 11.1 Å². The maximum absolute atomic E-state index is 12.3. The SMILES string of the molecule is Cc1ncc(-c2ccc3nc(Nc4cc(CN5CCN(C(=O)C6CC6)CC5)ccn4)[nH]c3c2)cn1. The monoisotopic (exact) mass is 468 g/mol. The van der Waals surface area contributed by atoms with Crippen molar-refractivity contribution >= 4 is 28.7 Å². The highest BCUT2D eigenvalue weighted by Crippen LogP contribution is 2.31. The van der Waals surface area contributed by atoms with Crippen molar-refractivity contribution in [2.24, 2.45) is 5.92 Å². The molecular formula is C26H28N8O. The van der Waals surface area contributed by atoms with E-state index in [0.717, 1.165) is 79.4 Å². The second-order valence-electron chi connectivity index (χ2n) is 9.39. The van der Waals surface area contributed by atoms with Crippen LogP contribution in [0.1, 0.15) is 24.2 Å². The largest absolute Gasteiger partial charge is 0.340 e. The number of rotatable bonds is 6. The lowest BCUT2D eigenvalue weighted by Gasteiger charge is -2.34. The van der Waals surface area contributed by atoms with E-state index in [4.69, 9.17) is 0 Å². The van der Waals surface area contributed by atoms with E-state index in [9.17, 15) is 4.79 Å². The van der Waals surface area contributed by atoms with Gasteiger partial charge in [-0.3, -0.25) is 9.69 Å². The van der Waals surface area contributed by atoms with Crippen LogP contribution in [0.4, 0.5) is 11.8 Å². The van der Waals surface area contributed by atoms with Gasteiger partial charge in [-0.25, -0.2) is 19.9 Å². The van der Waals surface area contributed by atoms with E-state index in [1.165, 1.54) is 5.56 Å². The Morgan fingerprint density at radius 1 is 1.03 bits per heavy atom. The Balaban J connectivity index is 1.11. The molecule has 0 spiro atoms. The fourth-order valence-electron chi connectivity index (χ4n) is 4.53. The number of imidazole rings is 1. The molecule has 0 radical (unpaired) electrons. The molecule has 35 heavy (non-hydrogen) atoms. The molecule has 178 valence electrons. The van der Waals surface area contributed by atoms with E-state index in [1.807, 2.05) is 48.6 Å². The molecule has 1 aromatic carbocycles. The Morgan fingerprint density at radius 3 is 2.60 bits per heavy atom. The van der Waals surface area contributed by atoms with Crippen molar-refractivity contribution in [1.29, 1.82) is 0 Å². The first kappa shape index (κ1) is 21.7. The molecule has 1 saturated heterocycles. The highest BCUT2D eigenvalue weighted by atomic mass is 16.2. The fraction of sp³-hybridized carbons (Fsp3) is 0.346. The van der Waals surface area contributed by atoms with E-state index in [1.54, 1.807) is 0 Å². The summed E-state index contributed by atoms with van der Waals surface area (Å²) in [6, 6.07) is 10.2. The third-order valence-corrected chi connectivity index (χ3v) is 6.68. The summed E-state index contributed by atoms with van der Waals surface area (Å²) in [5, 5.41) is 3.31. The van der Waals surface area contributed by atoms with Crippen LogP contribution in [0.25, 0.3) is 22.2 Å². The first-order chi connectivity index (χ1) is 17.1. The number of H-pyrrole nitrogens is 1. The number of piperazine rings is 1. The molecule has 9 nitrogen and oxygen atoms in total. The number of amides is 1. The second-order valence-corrected chi connectivity index (χ2v) is 9.39. The molecule has 1 saturated carbocycles. The van der Waals surface area contributed by atoms with Gasteiger partial charge in [-0.2, -0.15) is 0 Å². The summed E-state index contributed by atoms with van der Waals surface area (Å²) in [6.07, 6.45) is 7.63. The van der Waals surface area contributed by atoms with E-state index in [2.05, 4.69) is 47.3 Å². The molecule has 0 atom stereocenters. The standard InChI is InChI=1S/C26H28N8O/c1-17-28-14-21(15-29-17)20-4-5-22-23(13-20)31-26(30-22)32-24-12-18(6-7-27-24)16-33-8-10-34(11-9-33)25(35)19-2-3-19/h4-7,12-15,19H,2-3,8-11,16H2,1H3,(H2,27,30,31,32). The number of aromatic nitrogens is 5. The zero-order chi connectivity index (χ0) is 23.8. The van der Waals surface area contributed by atoms with Crippen LogP contribution in [0.5, 0.6) is 0 Å². The van der Waals surface area contributed by atoms with Gasteiger partial charge in [-0.15, -0.1) is 0 Å². The number of hydrogen-bond donors (Lipinski definition) is 2. The summed E-state index contributed by atoms with van der Waals surface area (Å²) in [5.41, 5.74) is 4.99. The predicted octanol–water partition coefficient (Wildman–Crippen LogP) is 3.52. The summed E-state index contributed by atoms with van der Waals surface area (Å²) in [5.74, 6) is 2.80. The van der Waals surface area contributed by atoms with Crippen LogP contribution in [0.2, 0.25) is 0 Å². The number of carbonyl (C=O) groups is 1. The Hall–Kier alpha value is -3.85. The molecule has 1 aliphatic carbocycles. The number of hydrogen-bond acceptors (Lipinski definition) is 7. The third kappa shape index (κ3) is 4.85. The number of aryl methyl sites for hydroxylation is 1. The molecule has 9 heteroatoms. The van der Waals surface area contributed by atoms with Gasteiger partial charge in [0.2, 0.25) is 11.9 Å². The van der Waals surface area contributed by atoms with Crippen LogP contribution >= 0.6 is 0 Å². The molecule has 4 aromatic rings. The van der Waals surface area contributed by atoms with Crippen molar-refractivity contribution in [2.75, 3.05) is 31.5 Å². The maximum Gasteiger partial charge on any atom is 0.225 e. The number of pyridine rings is 1. The van der Waals surface area contributed by atoms with Gasteiger partial charge < -0.3 is 15.2 Å².